The topological polar surface area (TPSA) is 89.0 Å². The lowest BCUT2D eigenvalue weighted by Gasteiger charge is -2.23. The molecule has 2 atom stereocenters. The van der Waals surface area contributed by atoms with E-state index in [1.165, 1.54) is 23.1 Å². The van der Waals surface area contributed by atoms with Crippen molar-refractivity contribution in [1.29, 1.82) is 0 Å². The molecule has 9 heteroatoms. The molecule has 7 rings (SSSR count). The van der Waals surface area contributed by atoms with E-state index in [2.05, 4.69) is 4.98 Å². The highest BCUT2D eigenvalue weighted by molar-refractivity contribution is 7.22. The lowest BCUT2D eigenvalue weighted by molar-refractivity contribution is -0.132. The number of carbonyl (C=O) groups is 2. The molecule has 3 heterocycles. The molecular formula is C34H25FN2O5S. The first kappa shape index (κ1) is 26.9. The van der Waals surface area contributed by atoms with Crippen LogP contribution in [0.15, 0.2) is 96.6 Å². The SMILES string of the molecule is CC1Cc2cc(C(O)=C3C(=O)C(=O)N(c4nc5ccc(F)cc5s4)C3c3ccc(OCc4ccccc4)cc3)ccc2O1. The Balaban J connectivity index is 1.31. The van der Waals surface area contributed by atoms with Gasteiger partial charge in [0.05, 0.1) is 21.8 Å². The number of hydrogen-bond donors (Lipinski definition) is 1. The van der Waals surface area contributed by atoms with Crippen molar-refractivity contribution in [3.8, 4) is 11.5 Å². The number of ether oxygens (including phenoxy) is 2. The molecule has 0 spiro atoms. The van der Waals surface area contributed by atoms with Crippen LogP contribution >= 0.6 is 11.3 Å². The summed E-state index contributed by atoms with van der Waals surface area (Å²) >= 11 is 1.10. The van der Waals surface area contributed by atoms with Crippen molar-refractivity contribution < 1.29 is 28.6 Å². The second kappa shape index (κ2) is 10.7. The number of hydrogen-bond acceptors (Lipinski definition) is 7. The summed E-state index contributed by atoms with van der Waals surface area (Å²) < 4.78 is 26.2. The smallest absolute Gasteiger partial charge is 0.301 e. The minimum atomic E-state index is -0.975. The van der Waals surface area contributed by atoms with Crippen LogP contribution in [0.2, 0.25) is 0 Å². The lowest BCUT2D eigenvalue weighted by Crippen LogP contribution is -2.29. The van der Waals surface area contributed by atoms with E-state index in [0.717, 1.165) is 28.2 Å². The highest BCUT2D eigenvalue weighted by atomic mass is 32.1. The molecule has 5 aromatic rings. The fraction of sp³-hybridized carbons (Fsp3) is 0.147. The van der Waals surface area contributed by atoms with Crippen LogP contribution in [0.5, 0.6) is 11.5 Å². The number of rotatable bonds is 6. The van der Waals surface area contributed by atoms with Crippen molar-refractivity contribution in [2.24, 2.45) is 0 Å². The van der Waals surface area contributed by atoms with Crippen LogP contribution in [-0.4, -0.2) is 27.9 Å². The highest BCUT2D eigenvalue weighted by Gasteiger charge is 2.48. The quantitative estimate of drug-likeness (QED) is 0.130. The van der Waals surface area contributed by atoms with Crippen LogP contribution in [0.3, 0.4) is 0 Å². The molecule has 2 aliphatic heterocycles. The average molecular weight is 593 g/mol. The molecule has 2 aliphatic rings. The van der Waals surface area contributed by atoms with Gasteiger partial charge in [-0.05, 0) is 72.1 Å². The molecule has 4 aromatic carbocycles. The number of Topliss-reactive ketones (excluding diaryl/α,β-unsaturated/α-hetero) is 1. The number of carbonyl (C=O) groups excluding carboxylic acids is 2. The molecule has 1 saturated heterocycles. The number of fused-ring (bicyclic) bond motifs is 2. The van der Waals surface area contributed by atoms with Crippen molar-refractivity contribution in [2.75, 3.05) is 4.90 Å². The van der Waals surface area contributed by atoms with Crippen LogP contribution in [0.4, 0.5) is 9.52 Å². The zero-order valence-corrected chi connectivity index (χ0v) is 23.8. The van der Waals surface area contributed by atoms with E-state index in [4.69, 9.17) is 9.47 Å². The van der Waals surface area contributed by atoms with Crippen LogP contribution in [0.1, 0.15) is 35.2 Å². The van der Waals surface area contributed by atoms with Gasteiger partial charge in [0.15, 0.2) is 5.13 Å². The van der Waals surface area contributed by atoms with Crippen LogP contribution < -0.4 is 14.4 Å². The number of anilines is 1. The second-order valence-electron chi connectivity index (χ2n) is 10.6. The number of aliphatic hydroxyl groups is 1. The molecule has 0 radical (unpaired) electrons. The minimum Gasteiger partial charge on any atom is -0.507 e. The predicted octanol–water partition coefficient (Wildman–Crippen LogP) is 6.96. The van der Waals surface area contributed by atoms with E-state index in [0.29, 0.717) is 40.1 Å². The first-order chi connectivity index (χ1) is 20.9. The molecule has 0 aliphatic carbocycles. The number of benzene rings is 4. The Morgan fingerprint density at radius 2 is 1.84 bits per heavy atom. The summed E-state index contributed by atoms with van der Waals surface area (Å²) in [6.07, 6.45) is 0.672. The molecule has 214 valence electrons. The van der Waals surface area contributed by atoms with E-state index >= 15 is 0 Å². The Kier molecular flexibility index (Phi) is 6.66. The van der Waals surface area contributed by atoms with Crippen LogP contribution in [0, 0.1) is 5.82 Å². The van der Waals surface area contributed by atoms with Gasteiger partial charge in [-0.15, -0.1) is 0 Å². The van der Waals surface area contributed by atoms with Crippen LogP contribution in [-0.2, 0) is 22.6 Å². The first-order valence-electron chi connectivity index (χ1n) is 13.8. The third-order valence-corrected chi connectivity index (χ3v) is 8.62. The van der Waals surface area contributed by atoms with Crippen molar-refractivity contribution in [2.45, 2.75) is 32.1 Å². The zero-order chi connectivity index (χ0) is 29.7. The normalized spacial score (nSPS) is 19.1. The number of halogens is 1. The van der Waals surface area contributed by atoms with Gasteiger partial charge in [0.1, 0.15) is 35.8 Å². The average Bonchev–Trinajstić information content (AvgIpc) is 3.68. The summed E-state index contributed by atoms with van der Waals surface area (Å²) in [6.45, 7) is 2.34. The number of thiazole rings is 1. The fourth-order valence-corrected chi connectivity index (χ4v) is 6.56. The van der Waals surface area contributed by atoms with Gasteiger partial charge in [-0.3, -0.25) is 14.5 Å². The Hall–Kier alpha value is -5.02. The van der Waals surface area contributed by atoms with Gasteiger partial charge >= 0.3 is 5.91 Å². The summed E-state index contributed by atoms with van der Waals surface area (Å²) in [4.78, 5) is 33.1. The first-order valence-corrected chi connectivity index (χ1v) is 14.6. The fourth-order valence-electron chi connectivity index (χ4n) is 5.55. The van der Waals surface area contributed by atoms with Gasteiger partial charge in [-0.2, -0.15) is 0 Å². The Morgan fingerprint density at radius 1 is 1.05 bits per heavy atom. The van der Waals surface area contributed by atoms with Gasteiger partial charge in [0, 0.05) is 12.0 Å². The summed E-state index contributed by atoms with van der Waals surface area (Å²) in [5.74, 6) is -1.04. The maximum atomic E-state index is 14.0. The highest BCUT2D eigenvalue weighted by Crippen LogP contribution is 2.45. The molecule has 43 heavy (non-hydrogen) atoms. The summed E-state index contributed by atoms with van der Waals surface area (Å²) in [6, 6.07) is 25.2. The largest absolute Gasteiger partial charge is 0.507 e. The summed E-state index contributed by atoms with van der Waals surface area (Å²) in [5.41, 5.74) is 3.36. The van der Waals surface area contributed by atoms with E-state index in [1.54, 1.807) is 42.5 Å². The Labute approximate surface area is 250 Å². The number of ketones is 1. The maximum absolute atomic E-state index is 14.0. The van der Waals surface area contributed by atoms with E-state index in [9.17, 15) is 19.1 Å². The maximum Gasteiger partial charge on any atom is 0.301 e. The van der Waals surface area contributed by atoms with Crippen LogP contribution in [0.25, 0.3) is 16.0 Å². The van der Waals surface area contributed by atoms with Crippen molar-refractivity contribution in [3.05, 3.63) is 125 Å². The van der Waals surface area contributed by atoms with E-state index < -0.39 is 23.5 Å². The molecule has 0 saturated carbocycles. The zero-order valence-electron chi connectivity index (χ0n) is 23.0. The van der Waals surface area contributed by atoms with Gasteiger partial charge in [0.2, 0.25) is 0 Å². The third kappa shape index (κ3) is 4.91. The summed E-state index contributed by atoms with van der Waals surface area (Å²) in [7, 11) is 0. The number of nitrogens with zero attached hydrogens (tertiary/aromatic N) is 2. The van der Waals surface area contributed by atoms with Crippen molar-refractivity contribution >= 4 is 44.1 Å². The second-order valence-corrected chi connectivity index (χ2v) is 11.6. The molecule has 1 fully saturated rings. The van der Waals surface area contributed by atoms with Crippen molar-refractivity contribution in [1.82, 2.24) is 4.98 Å². The number of aliphatic hydroxyl groups excluding tert-OH is 1. The number of aromatic nitrogens is 1. The molecular weight excluding hydrogens is 567 g/mol. The van der Waals surface area contributed by atoms with Gasteiger partial charge in [-0.1, -0.05) is 53.8 Å². The molecule has 1 N–H and O–H groups in total. The predicted molar refractivity (Wildman–Crippen MR) is 162 cm³/mol. The molecule has 2 unspecified atom stereocenters. The Bertz CT molecular complexity index is 1920. The Morgan fingerprint density at radius 3 is 2.63 bits per heavy atom. The summed E-state index contributed by atoms with van der Waals surface area (Å²) in [5, 5.41) is 11.8. The lowest BCUT2D eigenvalue weighted by atomic mass is 9.94. The molecule has 7 nitrogen and oxygen atoms in total. The third-order valence-electron chi connectivity index (χ3n) is 7.60. The monoisotopic (exact) mass is 592 g/mol. The van der Waals surface area contributed by atoms with E-state index in [1.807, 2.05) is 37.3 Å². The minimum absolute atomic E-state index is 0.00414. The molecule has 1 aromatic heterocycles. The van der Waals surface area contributed by atoms with Crippen molar-refractivity contribution in [3.63, 3.8) is 0 Å². The van der Waals surface area contributed by atoms with Gasteiger partial charge in [0.25, 0.3) is 5.78 Å². The van der Waals surface area contributed by atoms with Gasteiger partial charge < -0.3 is 14.6 Å². The number of amides is 1. The van der Waals surface area contributed by atoms with E-state index in [-0.39, 0.29) is 22.6 Å². The molecule has 1 amide bonds. The molecule has 0 bridgehead atoms. The standard InChI is InChI=1S/C34H25FN2O5S/c1-19-15-23-16-22(9-14-27(23)42-19)31(38)29-30(21-7-11-25(12-8-21)41-18-20-5-3-2-4-6-20)37(33(40)32(29)39)34-36-26-13-10-24(35)17-28(26)43-34/h2-14,16-17,19,30,38H,15,18H2,1H3. The van der Waals surface area contributed by atoms with Gasteiger partial charge in [-0.25, -0.2) is 9.37 Å².